The van der Waals surface area contributed by atoms with Gasteiger partial charge in [-0.1, -0.05) is 18.2 Å². The second kappa shape index (κ2) is 6.73. The lowest BCUT2D eigenvalue weighted by molar-refractivity contribution is -0.135. The Labute approximate surface area is 132 Å². The van der Waals surface area contributed by atoms with Crippen molar-refractivity contribution in [1.82, 2.24) is 9.88 Å². The van der Waals surface area contributed by atoms with E-state index >= 15 is 0 Å². The van der Waals surface area contributed by atoms with Gasteiger partial charge in [0.15, 0.2) is 0 Å². The zero-order valence-corrected chi connectivity index (χ0v) is 12.8. The number of alkyl halides is 3. The fourth-order valence-electron chi connectivity index (χ4n) is 2.34. The lowest BCUT2D eigenvalue weighted by Gasteiger charge is -2.09. The summed E-state index contributed by atoms with van der Waals surface area (Å²) in [5.41, 5.74) is 3.66. The Morgan fingerprint density at radius 2 is 1.87 bits per heavy atom. The van der Waals surface area contributed by atoms with Crippen molar-refractivity contribution in [2.75, 3.05) is 6.54 Å². The molecule has 1 aromatic heterocycles. The van der Waals surface area contributed by atoms with Crippen molar-refractivity contribution >= 4 is 12.0 Å². The number of benzene rings is 1. The fourth-order valence-corrected chi connectivity index (χ4v) is 2.34. The van der Waals surface area contributed by atoms with Crippen LogP contribution in [-0.2, 0) is 4.79 Å². The number of aryl methyl sites for hydroxylation is 1. The molecular formula is C17H17F3N2O. The number of hydrogen-bond donors (Lipinski definition) is 1. The molecule has 0 radical (unpaired) electrons. The molecule has 2 rings (SSSR count). The van der Waals surface area contributed by atoms with Crippen molar-refractivity contribution in [3.63, 3.8) is 0 Å². The van der Waals surface area contributed by atoms with Gasteiger partial charge in [0.05, 0.1) is 0 Å². The summed E-state index contributed by atoms with van der Waals surface area (Å²) < 4.78 is 38.2. The van der Waals surface area contributed by atoms with E-state index in [2.05, 4.69) is 0 Å². The number of halogens is 3. The molecule has 0 aliphatic heterocycles. The summed E-state index contributed by atoms with van der Waals surface area (Å²) in [5, 5.41) is 1.81. The molecule has 1 heterocycles. The number of para-hydroxylation sites is 1. The maximum Gasteiger partial charge on any atom is 0.405 e. The minimum absolute atomic E-state index is 0.771. The van der Waals surface area contributed by atoms with Gasteiger partial charge in [-0.3, -0.25) is 4.79 Å². The van der Waals surface area contributed by atoms with E-state index in [1.54, 1.807) is 0 Å². The molecule has 0 aliphatic carbocycles. The average molecular weight is 322 g/mol. The Hall–Kier alpha value is -2.50. The summed E-state index contributed by atoms with van der Waals surface area (Å²) in [5.74, 6) is -0.771. The lowest BCUT2D eigenvalue weighted by atomic mass is 10.2. The molecule has 0 bridgehead atoms. The molecule has 1 amide bonds. The van der Waals surface area contributed by atoms with Crippen LogP contribution in [0.2, 0.25) is 0 Å². The van der Waals surface area contributed by atoms with E-state index in [-0.39, 0.29) is 0 Å². The molecule has 1 aromatic carbocycles. The maximum absolute atomic E-state index is 12.0. The van der Waals surface area contributed by atoms with Crippen LogP contribution in [0.1, 0.15) is 17.0 Å². The van der Waals surface area contributed by atoms with Crippen molar-refractivity contribution in [1.29, 1.82) is 0 Å². The Balaban J connectivity index is 2.16. The van der Waals surface area contributed by atoms with Crippen LogP contribution < -0.4 is 5.32 Å². The number of rotatable bonds is 4. The minimum atomic E-state index is -4.41. The van der Waals surface area contributed by atoms with Crippen LogP contribution in [0.25, 0.3) is 11.8 Å². The highest BCUT2D eigenvalue weighted by molar-refractivity contribution is 5.91. The fraction of sp³-hybridized carbons (Fsp3) is 0.235. The number of carbonyl (C=O) groups excluding carboxylic acids is 1. The number of carbonyl (C=O) groups is 1. The van der Waals surface area contributed by atoms with E-state index in [1.807, 2.05) is 60.1 Å². The predicted octanol–water partition coefficient (Wildman–Crippen LogP) is 3.79. The van der Waals surface area contributed by atoms with Gasteiger partial charge >= 0.3 is 6.18 Å². The molecule has 122 valence electrons. The molecule has 3 nitrogen and oxygen atoms in total. The first-order valence-corrected chi connectivity index (χ1v) is 7.05. The number of nitrogens with zero attached hydrogens (tertiary/aromatic N) is 1. The third-order valence-electron chi connectivity index (χ3n) is 3.36. The van der Waals surface area contributed by atoms with Crippen LogP contribution in [0.15, 0.2) is 42.5 Å². The van der Waals surface area contributed by atoms with Crippen molar-refractivity contribution in [3.8, 4) is 5.69 Å². The second-order valence-electron chi connectivity index (χ2n) is 5.16. The molecule has 0 spiro atoms. The maximum atomic E-state index is 12.0. The van der Waals surface area contributed by atoms with Gasteiger partial charge in [-0.2, -0.15) is 13.2 Å². The van der Waals surface area contributed by atoms with Crippen LogP contribution in [0, 0.1) is 13.8 Å². The van der Waals surface area contributed by atoms with Crippen LogP contribution in [-0.4, -0.2) is 23.2 Å². The van der Waals surface area contributed by atoms with Gasteiger partial charge in [0, 0.05) is 23.2 Å². The zero-order chi connectivity index (χ0) is 17.0. The van der Waals surface area contributed by atoms with E-state index < -0.39 is 18.6 Å². The average Bonchev–Trinajstić information content (AvgIpc) is 2.77. The Morgan fingerprint density at radius 3 is 2.48 bits per heavy atom. The van der Waals surface area contributed by atoms with Gasteiger partial charge in [-0.05, 0) is 43.7 Å². The summed E-state index contributed by atoms with van der Waals surface area (Å²) in [6.07, 6.45) is -1.77. The van der Waals surface area contributed by atoms with Gasteiger partial charge < -0.3 is 9.88 Å². The van der Waals surface area contributed by atoms with Crippen molar-refractivity contribution < 1.29 is 18.0 Å². The summed E-state index contributed by atoms with van der Waals surface area (Å²) in [7, 11) is 0. The zero-order valence-electron chi connectivity index (χ0n) is 12.8. The van der Waals surface area contributed by atoms with E-state index in [1.165, 1.54) is 6.08 Å². The van der Waals surface area contributed by atoms with E-state index in [0.29, 0.717) is 0 Å². The molecule has 0 saturated carbocycles. The first-order chi connectivity index (χ1) is 10.8. The second-order valence-corrected chi connectivity index (χ2v) is 5.16. The number of amides is 1. The summed E-state index contributed by atoms with van der Waals surface area (Å²) in [6.45, 7) is 2.49. The summed E-state index contributed by atoms with van der Waals surface area (Å²) >= 11 is 0. The van der Waals surface area contributed by atoms with Crippen LogP contribution in [0.3, 0.4) is 0 Å². The molecule has 23 heavy (non-hydrogen) atoms. The third kappa shape index (κ3) is 4.48. The molecule has 2 aromatic rings. The van der Waals surface area contributed by atoms with Crippen LogP contribution in [0.4, 0.5) is 13.2 Å². The monoisotopic (exact) mass is 322 g/mol. The number of hydrogen-bond acceptors (Lipinski definition) is 1. The topological polar surface area (TPSA) is 34.0 Å². The number of nitrogens with one attached hydrogen (secondary N) is 1. The van der Waals surface area contributed by atoms with E-state index in [0.717, 1.165) is 28.7 Å². The Kier molecular flexibility index (Phi) is 4.93. The molecular weight excluding hydrogens is 305 g/mol. The quantitative estimate of drug-likeness (QED) is 0.854. The van der Waals surface area contributed by atoms with Crippen molar-refractivity contribution in [2.45, 2.75) is 20.0 Å². The smallest absolute Gasteiger partial charge is 0.343 e. The molecule has 0 saturated heterocycles. The van der Waals surface area contributed by atoms with Gasteiger partial charge in [-0.15, -0.1) is 0 Å². The van der Waals surface area contributed by atoms with Crippen LogP contribution in [0.5, 0.6) is 0 Å². The van der Waals surface area contributed by atoms with Crippen molar-refractivity contribution in [2.24, 2.45) is 0 Å². The third-order valence-corrected chi connectivity index (χ3v) is 3.36. The molecule has 1 N–H and O–H groups in total. The molecule has 0 unspecified atom stereocenters. The predicted molar refractivity (Wildman–Crippen MR) is 83.3 cm³/mol. The molecule has 6 heteroatoms. The molecule has 0 aliphatic rings. The highest BCUT2D eigenvalue weighted by Crippen LogP contribution is 2.21. The van der Waals surface area contributed by atoms with Crippen LogP contribution >= 0.6 is 0 Å². The molecule has 0 atom stereocenters. The first kappa shape index (κ1) is 16.9. The Morgan fingerprint density at radius 1 is 1.22 bits per heavy atom. The summed E-state index contributed by atoms with van der Waals surface area (Å²) in [4.78, 5) is 11.4. The normalized spacial score (nSPS) is 11.9. The minimum Gasteiger partial charge on any atom is -0.343 e. The first-order valence-electron chi connectivity index (χ1n) is 7.05. The highest BCUT2D eigenvalue weighted by atomic mass is 19.4. The van der Waals surface area contributed by atoms with E-state index in [9.17, 15) is 18.0 Å². The van der Waals surface area contributed by atoms with Gasteiger partial charge in [0.2, 0.25) is 5.91 Å². The van der Waals surface area contributed by atoms with Gasteiger partial charge in [-0.25, -0.2) is 0 Å². The molecule has 0 fully saturated rings. The lowest BCUT2D eigenvalue weighted by Crippen LogP contribution is -2.32. The standard InChI is InChI=1S/C17H17F3N2O/c1-12-10-14(8-9-16(23)21-11-17(18,19)20)13(2)22(12)15-6-4-3-5-7-15/h3-10H,11H2,1-2H3,(H,21,23)/b9-8+. The Bertz CT molecular complexity index is 715. The largest absolute Gasteiger partial charge is 0.405 e. The number of aromatic nitrogens is 1. The highest BCUT2D eigenvalue weighted by Gasteiger charge is 2.27. The van der Waals surface area contributed by atoms with Gasteiger partial charge in [0.1, 0.15) is 6.54 Å². The van der Waals surface area contributed by atoms with Gasteiger partial charge in [0.25, 0.3) is 0 Å². The summed E-state index contributed by atoms with van der Waals surface area (Å²) in [6, 6.07) is 11.6. The van der Waals surface area contributed by atoms with Crippen molar-refractivity contribution in [3.05, 3.63) is 59.4 Å². The van der Waals surface area contributed by atoms with E-state index in [4.69, 9.17) is 0 Å². The SMILES string of the molecule is Cc1cc(/C=C/C(=O)NCC(F)(F)F)c(C)n1-c1ccccc1.